The average Bonchev–Trinajstić information content (AvgIpc) is 3.61. The molecule has 33 heavy (non-hydrogen) atoms. The first kappa shape index (κ1) is 21.5. The topological polar surface area (TPSA) is 103 Å². The number of thioether (sulfide) groups is 1. The molecule has 1 amide bonds. The summed E-state index contributed by atoms with van der Waals surface area (Å²) in [7, 11) is 0. The third-order valence-corrected chi connectivity index (χ3v) is 6.51. The van der Waals surface area contributed by atoms with Gasteiger partial charge < -0.3 is 8.83 Å². The second-order valence-corrected chi connectivity index (χ2v) is 9.17. The van der Waals surface area contributed by atoms with Crippen molar-refractivity contribution >= 4 is 35.0 Å². The van der Waals surface area contributed by atoms with E-state index in [1.807, 2.05) is 43.3 Å². The number of rotatable bonds is 7. The summed E-state index contributed by atoms with van der Waals surface area (Å²) in [6.45, 7) is 2.19. The van der Waals surface area contributed by atoms with Gasteiger partial charge in [0.05, 0.1) is 23.5 Å². The number of furan rings is 2. The Balaban J connectivity index is 1.37. The summed E-state index contributed by atoms with van der Waals surface area (Å²) in [5.74, 6) is 1.23. The van der Waals surface area contributed by atoms with Crippen molar-refractivity contribution in [2.75, 3.05) is 0 Å². The second-order valence-electron chi connectivity index (χ2n) is 7.43. The molecule has 3 aromatic heterocycles. The number of amides is 1. The first-order valence-electron chi connectivity index (χ1n) is 10.2. The standard InChI is InChI=1S/C22H19ClN6O3S/c1-14(33-22-24-26-27-28(22)13-17-4-2-10-31-17)21(30)29-19(20-5-3-11-32-20)12-18(25-29)15-6-8-16(23)9-7-15/h2-11,14,19H,12-13H2,1H3. The van der Waals surface area contributed by atoms with Gasteiger partial charge in [-0.1, -0.05) is 35.5 Å². The molecule has 9 nitrogen and oxygen atoms in total. The number of carbonyl (C=O) groups is 1. The monoisotopic (exact) mass is 482 g/mol. The van der Waals surface area contributed by atoms with Crippen LogP contribution in [0.4, 0.5) is 0 Å². The molecule has 0 fully saturated rings. The smallest absolute Gasteiger partial charge is 0.256 e. The van der Waals surface area contributed by atoms with Crippen LogP contribution in [0.2, 0.25) is 5.02 Å². The van der Waals surface area contributed by atoms with E-state index in [1.165, 1.54) is 16.8 Å². The molecule has 4 heterocycles. The number of hydrazone groups is 1. The number of nitrogens with zero attached hydrogens (tertiary/aromatic N) is 6. The third-order valence-electron chi connectivity index (χ3n) is 5.20. The maximum atomic E-state index is 13.5. The van der Waals surface area contributed by atoms with Crippen LogP contribution >= 0.6 is 23.4 Å². The summed E-state index contributed by atoms with van der Waals surface area (Å²) in [6.07, 6.45) is 3.73. The van der Waals surface area contributed by atoms with E-state index in [2.05, 4.69) is 20.6 Å². The van der Waals surface area contributed by atoms with E-state index in [-0.39, 0.29) is 11.9 Å². The molecule has 1 aromatic carbocycles. The van der Waals surface area contributed by atoms with Gasteiger partial charge in [-0.25, -0.2) is 9.69 Å². The summed E-state index contributed by atoms with van der Waals surface area (Å²) in [5, 5.41) is 18.7. The second kappa shape index (κ2) is 9.24. The Labute approximate surface area is 198 Å². The predicted molar refractivity (Wildman–Crippen MR) is 122 cm³/mol. The SMILES string of the molecule is CC(Sc1nnnn1Cc1ccco1)C(=O)N1N=C(c2ccc(Cl)cc2)CC1c1ccco1. The zero-order chi connectivity index (χ0) is 22.8. The highest BCUT2D eigenvalue weighted by Gasteiger charge is 2.37. The molecule has 0 aliphatic carbocycles. The number of tetrazole rings is 1. The van der Waals surface area contributed by atoms with E-state index < -0.39 is 5.25 Å². The largest absolute Gasteiger partial charge is 0.467 e. The van der Waals surface area contributed by atoms with Crippen LogP contribution < -0.4 is 0 Å². The Morgan fingerprint density at radius 1 is 1.18 bits per heavy atom. The van der Waals surface area contributed by atoms with Crippen molar-refractivity contribution < 1.29 is 13.6 Å². The molecule has 2 atom stereocenters. The van der Waals surface area contributed by atoms with Crippen molar-refractivity contribution in [1.82, 2.24) is 25.2 Å². The number of hydrogen-bond acceptors (Lipinski definition) is 8. The van der Waals surface area contributed by atoms with Crippen LogP contribution in [0.3, 0.4) is 0 Å². The summed E-state index contributed by atoms with van der Waals surface area (Å²) < 4.78 is 12.6. The molecule has 4 aromatic rings. The fourth-order valence-corrected chi connectivity index (χ4v) is 4.52. The van der Waals surface area contributed by atoms with Gasteiger partial charge in [-0.3, -0.25) is 4.79 Å². The lowest BCUT2D eigenvalue weighted by molar-refractivity contribution is -0.132. The van der Waals surface area contributed by atoms with Crippen molar-refractivity contribution in [1.29, 1.82) is 0 Å². The molecular weight excluding hydrogens is 464 g/mol. The minimum absolute atomic E-state index is 0.169. The molecule has 0 bridgehead atoms. The first-order chi connectivity index (χ1) is 16.1. The van der Waals surface area contributed by atoms with Crippen LogP contribution in [0, 0.1) is 0 Å². The lowest BCUT2D eigenvalue weighted by atomic mass is 10.0. The van der Waals surface area contributed by atoms with Crippen LogP contribution in [0.5, 0.6) is 0 Å². The molecule has 0 saturated carbocycles. The molecule has 0 spiro atoms. The van der Waals surface area contributed by atoms with Crippen molar-refractivity contribution in [3.63, 3.8) is 0 Å². The van der Waals surface area contributed by atoms with Gasteiger partial charge in [0.1, 0.15) is 24.1 Å². The van der Waals surface area contributed by atoms with Crippen molar-refractivity contribution in [2.24, 2.45) is 5.10 Å². The zero-order valence-corrected chi connectivity index (χ0v) is 19.1. The van der Waals surface area contributed by atoms with E-state index in [1.54, 1.807) is 29.3 Å². The molecule has 0 radical (unpaired) electrons. The van der Waals surface area contributed by atoms with Gasteiger partial charge in [0.15, 0.2) is 0 Å². The third kappa shape index (κ3) is 4.57. The summed E-state index contributed by atoms with van der Waals surface area (Å²) in [5.41, 5.74) is 1.70. The first-order valence-corrected chi connectivity index (χ1v) is 11.5. The highest BCUT2D eigenvalue weighted by molar-refractivity contribution is 8.00. The molecule has 1 aliphatic rings. The number of carbonyl (C=O) groups excluding carboxylic acids is 1. The normalized spacial score (nSPS) is 16.7. The minimum Gasteiger partial charge on any atom is -0.467 e. The van der Waals surface area contributed by atoms with Crippen molar-refractivity contribution in [2.45, 2.75) is 36.3 Å². The number of aromatic nitrogens is 4. The summed E-state index contributed by atoms with van der Waals surface area (Å²) in [6, 6.07) is 14.4. The van der Waals surface area contributed by atoms with E-state index in [0.29, 0.717) is 28.9 Å². The zero-order valence-electron chi connectivity index (χ0n) is 17.5. The number of hydrogen-bond donors (Lipinski definition) is 0. The van der Waals surface area contributed by atoms with Gasteiger partial charge in [0.25, 0.3) is 5.91 Å². The van der Waals surface area contributed by atoms with E-state index in [0.717, 1.165) is 17.0 Å². The molecule has 5 rings (SSSR count). The molecule has 0 saturated heterocycles. The highest BCUT2D eigenvalue weighted by atomic mass is 35.5. The molecular formula is C22H19ClN6O3S. The van der Waals surface area contributed by atoms with Crippen molar-refractivity contribution in [3.8, 4) is 0 Å². The molecule has 1 aliphatic heterocycles. The summed E-state index contributed by atoms with van der Waals surface area (Å²) >= 11 is 7.30. The fourth-order valence-electron chi connectivity index (χ4n) is 3.56. The molecule has 11 heteroatoms. The minimum atomic E-state index is -0.489. The van der Waals surface area contributed by atoms with E-state index in [9.17, 15) is 4.79 Å². The quantitative estimate of drug-likeness (QED) is 0.359. The maximum Gasteiger partial charge on any atom is 0.256 e. The Hall–Kier alpha value is -3.37. The average molecular weight is 483 g/mol. The highest BCUT2D eigenvalue weighted by Crippen LogP contribution is 2.35. The Morgan fingerprint density at radius 3 is 2.70 bits per heavy atom. The fraction of sp³-hybridized carbons (Fsp3) is 0.227. The van der Waals surface area contributed by atoms with Gasteiger partial charge >= 0.3 is 0 Å². The lowest BCUT2D eigenvalue weighted by Crippen LogP contribution is -2.33. The van der Waals surface area contributed by atoms with Gasteiger partial charge in [0.2, 0.25) is 5.16 Å². The Morgan fingerprint density at radius 2 is 1.97 bits per heavy atom. The molecule has 0 N–H and O–H groups in total. The summed E-state index contributed by atoms with van der Waals surface area (Å²) in [4.78, 5) is 13.5. The molecule has 2 unspecified atom stereocenters. The number of halogens is 1. The number of benzene rings is 1. The van der Waals surface area contributed by atoms with Crippen LogP contribution in [-0.4, -0.2) is 42.1 Å². The van der Waals surface area contributed by atoms with Gasteiger partial charge in [0, 0.05) is 11.4 Å². The predicted octanol–water partition coefficient (Wildman–Crippen LogP) is 4.42. The van der Waals surface area contributed by atoms with Crippen LogP contribution in [0.1, 0.15) is 36.5 Å². The van der Waals surface area contributed by atoms with Gasteiger partial charge in [-0.15, -0.1) is 5.10 Å². The van der Waals surface area contributed by atoms with Gasteiger partial charge in [-0.2, -0.15) is 5.10 Å². The van der Waals surface area contributed by atoms with Crippen LogP contribution in [0.15, 0.2) is 80.1 Å². The van der Waals surface area contributed by atoms with Crippen LogP contribution in [0.25, 0.3) is 0 Å². The van der Waals surface area contributed by atoms with Crippen LogP contribution in [-0.2, 0) is 11.3 Å². The lowest BCUT2D eigenvalue weighted by Gasteiger charge is -2.22. The van der Waals surface area contributed by atoms with Crippen molar-refractivity contribution in [3.05, 3.63) is 83.2 Å². The molecule has 168 valence electrons. The maximum absolute atomic E-state index is 13.5. The van der Waals surface area contributed by atoms with Gasteiger partial charge in [-0.05, 0) is 59.3 Å². The Kier molecular flexibility index (Phi) is 6.01. The Bertz CT molecular complexity index is 1250. The van der Waals surface area contributed by atoms with E-state index in [4.69, 9.17) is 20.4 Å². The van der Waals surface area contributed by atoms with E-state index >= 15 is 0 Å².